The van der Waals surface area contributed by atoms with Gasteiger partial charge in [-0.2, -0.15) is 21.9 Å². The maximum atomic E-state index is 12.4. The van der Waals surface area contributed by atoms with E-state index in [4.69, 9.17) is 0 Å². The van der Waals surface area contributed by atoms with Crippen molar-refractivity contribution in [3.8, 4) is 0 Å². The van der Waals surface area contributed by atoms with Crippen LogP contribution in [0.2, 0.25) is 0 Å². The van der Waals surface area contributed by atoms with Gasteiger partial charge in [-0.3, -0.25) is 10.1 Å². The molecule has 0 bridgehead atoms. The number of halogens is 3. The number of carbonyl (C=O) groups excluding carboxylic acids is 1. The fourth-order valence-corrected chi connectivity index (χ4v) is 2.60. The molecule has 21 heavy (non-hydrogen) atoms. The molecule has 108 valence electrons. The molecular formula is C10H4F3N5OS2. The summed E-state index contributed by atoms with van der Waals surface area (Å²) in [5.74, 6) is -0.588. The number of nitrogens with zero attached hydrogens (tertiary/aromatic N) is 4. The number of hydrogen-bond acceptors (Lipinski definition) is 7. The first kappa shape index (κ1) is 13.8. The monoisotopic (exact) mass is 331 g/mol. The number of nitrogens with one attached hydrogen (secondary N) is 1. The summed E-state index contributed by atoms with van der Waals surface area (Å²) in [6.45, 7) is 0. The first-order valence-electron chi connectivity index (χ1n) is 5.38. The second kappa shape index (κ2) is 5.00. The average molecular weight is 331 g/mol. The molecule has 0 aliphatic heterocycles. The van der Waals surface area contributed by atoms with E-state index in [0.29, 0.717) is 11.0 Å². The maximum Gasteiger partial charge on any atom is 0.445 e. The van der Waals surface area contributed by atoms with Crippen molar-refractivity contribution in [3.05, 3.63) is 28.8 Å². The van der Waals surface area contributed by atoms with E-state index in [2.05, 4.69) is 24.3 Å². The van der Waals surface area contributed by atoms with Crippen LogP contribution in [0.5, 0.6) is 0 Å². The van der Waals surface area contributed by atoms with Gasteiger partial charge in [0.25, 0.3) is 5.91 Å². The van der Waals surface area contributed by atoms with E-state index in [1.54, 1.807) is 6.07 Å². The zero-order chi connectivity index (χ0) is 15.0. The number of hydrogen-bond donors (Lipinski definition) is 1. The quantitative estimate of drug-likeness (QED) is 0.781. The van der Waals surface area contributed by atoms with Gasteiger partial charge in [-0.25, -0.2) is 0 Å². The second-order valence-electron chi connectivity index (χ2n) is 3.83. The van der Waals surface area contributed by atoms with Gasteiger partial charge in [-0.15, -0.1) is 10.2 Å². The molecule has 0 spiro atoms. The molecule has 1 aromatic carbocycles. The van der Waals surface area contributed by atoms with E-state index in [1.807, 2.05) is 0 Å². The summed E-state index contributed by atoms with van der Waals surface area (Å²) in [6.07, 6.45) is -4.58. The Bertz CT molecular complexity index is 812. The lowest BCUT2D eigenvalue weighted by Gasteiger charge is -2.01. The number of amides is 1. The van der Waals surface area contributed by atoms with Crippen LogP contribution in [0.25, 0.3) is 11.0 Å². The summed E-state index contributed by atoms with van der Waals surface area (Å²) in [4.78, 5) is 11.9. The third-order valence-corrected chi connectivity index (χ3v) is 3.84. The lowest BCUT2D eigenvalue weighted by atomic mass is 10.2. The highest BCUT2D eigenvalue weighted by molar-refractivity contribution is 7.15. The number of alkyl halides is 3. The first-order chi connectivity index (χ1) is 9.93. The molecule has 11 heteroatoms. The van der Waals surface area contributed by atoms with Crippen LogP contribution in [-0.2, 0) is 6.18 Å². The van der Waals surface area contributed by atoms with Crippen molar-refractivity contribution >= 4 is 45.1 Å². The van der Waals surface area contributed by atoms with Gasteiger partial charge < -0.3 is 0 Å². The predicted molar refractivity (Wildman–Crippen MR) is 70.3 cm³/mol. The molecule has 6 nitrogen and oxygen atoms in total. The molecule has 1 amide bonds. The molecule has 2 aromatic heterocycles. The molecule has 3 aromatic rings. The number of fused-ring (bicyclic) bond motifs is 1. The first-order valence-corrected chi connectivity index (χ1v) is 6.92. The van der Waals surface area contributed by atoms with Crippen LogP contribution in [-0.4, -0.2) is 24.9 Å². The third-order valence-electron chi connectivity index (χ3n) is 2.40. The van der Waals surface area contributed by atoms with Crippen molar-refractivity contribution < 1.29 is 18.0 Å². The SMILES string of the molecule is O=C(Nc1nnc(C(F)(F)F)s1)c1ccc2nsnc2c1. The highest BCUT2D eigenvalue weighted by Gasteiger charge is 2.35. The number of anilines is 1. The van der Waals surface area contributed by atoms with E-state index in [-0.39, 0.29) is 22.0 Å². The molecule has 0 saturated carbocycles. The van der Waals surface area contributed by atoms with Crippen molar-refractivity contribution in [1.29, 1.82) is 0 Å². The van der Waals surface area contributed by atoms with Crippen LogP contribution in [0.4, 0.5) is 18.3 Å². The molecule has 0 radical (unpaired) electrons. The van der Waals surface area contributed by atoms with Gasteiger partial charge in [0.15, 0.2) is 0 Å². The molecule has 0 saturated heterocycles. The molecule has 0 aliphatic carbocycles. The predicted octanol–water partition coefficient (Wildman–Crippen LogP) is 2.81. The summed E-state index contributed by atoms with van der Waals surface area (Å²) < 4.78 is 45.1. The smallest absolute Gasteiger partial charge is 0.296 e. The number of benzene rings is 1. The van der Waals surface area contributed by atoms with Gasteiger partial charge >= 0.3 is 6.18 Å². The van der Waals surface area contributed by atoms with E-state index >= 15 is 0 Å². The zero-order valence-corrected chi connectivity index (χ0v) is 11.5. The molecular weight excluding hydrogens is 327 g/mol. The number of aromatic nitrogens is 4. The van der Waals surface area contributed by atoms with E-state index in [9.17, 15) is 18.0 Å². The molecule has 3 rings (SSSR count). The minimum absolute atomic E-state index is 0.219. The third kappa shape index (κ3) is 2.83. The zero-order valence-electron chi connectivity index (χ0n) is 9.88. The summed E-state index contributed by atoms with van der Waals surface area (Å²) >= 11 is 1.27. The Morgan fingerprint density at radius 3 is 2.62 bits per heavy atom. The minimum Gasteiger partial charge on any atom is -0.296 e. The topological polar surface area (TPSA) is 80.7 Å². The molecule has 0 aliphatic rings. The van der Waals surface area contributed by atoms with Crippen LogP contribution >= 0.6 is 23.1 Å². The van der Waals surface area contributed by atoms with Gasteiger partial charge in [0, 0.05) is 5.56 Å². The highest BCUT2D eigenvalue weighted by Crippen LogP contribution is 2.33. The molecule has 2 heterocycles. The van der Waals surface area contributed by atoms with Crippen molar-refractivity contribution in [2.24, 2.45) is 0 Å². The Morgan fingerprint density at radius 2 is 1.90 bits per heavy atom. The van der Waals surface area contributed by atoms with Crippen LogP contribution < -0.4 is 5.32 Å². The van der Waals surface area contributed by atoms with E-state index in [1.165, 1.54) is 12.1 Å². The van der Waals surface area contributed by atoms with Crippen molar-refractivity contribution in [2.75, 3.05) is 5.32 Å². The van der Waals surface area contributed by atoms with E-state index < -0.39 is 17.1 Å². The minimum atomic E-state index is -4.58. The summed E-state index contributed by atoms with van der Waals surface area (Å²) in [5.41, 5.74) is 1.44. The van der Waals surface area contributed by atoms with Gasteiger partial charge in [0.2, 0.25) is 10.1 Å². The standard InChI is InChI=1S/C10H4F3N5OS2/c11-10(12,13)8-15-16-9(20-8)14-7(19)4-1-2-5-6(3-4)18-21-17-5/h1-3H,(H,14,16,19). The van der Waals surface area contributed by atoms with Gasteiger partial charge in [-0.05, 0) is 18.2 Å². The fraction of sp³-hybridized carbons (Fsp3) is 0.100. The number of carbonyl (C=O) groups is 1. The summed E-state index contributed by atoms with van der Waals surface area (Å²) in [5, 5.41) is 7.21. The van der Waals surface area contributed by atoms with Crippen LogP contribution in [0.1, 0.15) is 15.4 Å². The maximum absolute atomic E-state index is 12.4. The summed E-state index contributed by atoms with van der Waals surface area (Å²) in [7, 11) is 0. The van der Waals surface area contributed by atoms with Crippen LogP contribution in [0.3, 0.4) is 0 Å². The number of rotatable bonds is 2. The largest absolute Gasteiger partial charge is 0.445 e. The van der Waals surface area contributed by atoms with Crippen LogP contribution in [0.15, 0.2) is 18.2 Å². The van der Waals surface area contributed by atoms with E-state index in [0.717, 1.165) is 11.7 Å². The van der Waals surface area contributed by atoms with Gasteiger partial charge in [-0.1, -0.05) is 11.3 Å². The Balaban J connectivity index is 1.81. The van der Waals surface area contributed by atoms with Gasteiger partial charge in [0.05, 0.1) is 11.7 Å². The lowest BCUT2D eigenvalue weighted by Crippen LogP contribution is -2.11. The Morgan fingerprint density at radius 1 is 1.14 bits per heavy atom. The van der Waals surface area contributed by atoms with Crippen molar-refractivity contribution in [3.63, 3.8) is 0 Å². The van der Waals surface area contributed by atoms with Crippen LogP contribution in [0, 0.1) is 0 Å². The molecule has 0 unspecified atom stereocenters. The lowest BCUT2D eigenvalue weighted by molar-refractivity contribution is -0.138. The molecule has 0 atom stereocenters. The molecule has 0 fully saturated rings. The molecule has 1 N–H and O–H groups in total. The van der Waals surface area contributed by atoms with Crippen molar-refractivity contribution in [1.82, 2.24) is 18.9 Å². The Hall–Kier alpha value is -2.14. The normalized spacial score (nSPS) is 11.8. The second-order valence-corrected chi connectivity index (χ2v) is 5.34. The van der Waals surface area contributed by atoms with Crippen molar-refractivity contribution in [2.45, 2.75) is 6.18 Å². The van der Waals surface area contributed by atoms with Gasteiger partial charge in [0.1, 0.15) is 11.0 Å². The summed E-state index contributed by atoms with van der Waals surface area (Å²) in [6, 6.07) is 4.61. The Labute approximate surface area is 123 Å². The fourth-order valence-electron chi connectivity index (χ4n) is 1.48. The highest BCUT2D eigenvalue weighted by atomic mass is 32.1. The average Bonchev–Trinajstić information content (AvgIpc) is 3.04. The Kier molecular flexibility index (Phi) is 3.29.